The van der Waals surface area contributed by atoms with Crippen LogP contribution in [-0.4, -0.2) is 61.6 Å². The molecule has 0 atom stereocenters. The van der Waals surface area contributed by atoms with Gasteiger partial charge in [-0.05, 0) is 59.3 Å². The lowest BCUT2D eigenvalue weighted by Gasteiger charge is -2.34. The summed E-state index contributed by atoms with van der Waals surface area (Å²) < 4.78 is 5.95. The Morgan fingerprint density at radius 1 is 1.20 bits per heavy atom. The predicted octanol–water partition coefficient (Wildman–Crippen LogP) is 3.33. The number of pyridine rings is 1. The fourth-order valence-electron chi connectivity index (χ4n) is 4.03. The van der Waals surface area contributed by atoms with Crippen molar-refractivity contribution in [1.82, 2.24) is 9.88 Å². The van der Waals surface area contributed by atoms with Gasteiger partial charge in [0.2, 0.25) is 5.91 Å². The molecule has 1 saturated heterocycles. The molecule has 2 aromatic rings. The standard InChI is InChI=1S/C21H25BrN4O3S/c1-29-21(28)19-15-4-2-3-5-16(15)30-20(19)24-18(27)13-25-8-10-26(11-9-25)17-7-6-14(22)12-23-17/h6-7,12H,2-5,8-11,13H2,1H3,(H,24,27). The lowest BCUT2D eigenvalue weighted by atomic mass is 9.95. The second kappa shape index (κ2) is 9.45. The number of carbonyl (C=O) groups excluding carboxylic acids is 2. The van der Waals surface area contributed by atoms with Gasteiger partial charge in [0, 0.05) is 41.7 Å². The topological polar surface area (TPSA) is 74.8 Å². The maximum absolute atomic E-state index is 12.7. The molecule has 0 spiro atoms. The minimum atomic E-state index is -0.361. The number of rotatable bonds is 5. The lowest BCUT2D eigenvalue weighted by molar-refractivity contribution is -0.117. The van der Waals surface area contributed by atoms with Gasteiger partial charge >= 0.3 is 5.97 Å². The van der Waals surface area contributed by atoms with Crippen molar-refractivity contribution in [2.75, 3.05) is 50.1 Å². The van der Waals surface area contributed by atoms with E-state index in [9.17, 15) is 9.59 Å². The highest BCUT2D eigenvalue weighted by atomic mass is 79.9. The number of halogens is 1. The highest BCUT2D eigenvalue weighted by Crippen LogP contribution is 2.38. The molecule has 7 nitrogen and oxygen atoms in total. The molecule has 0 radical (unpaired) electrons. The fraction of sp³-hybridized carbons (Fsp3) is 0.476. The summed E-state index contributed by atoms with van der Waals surface area (Å²) in [5.41, 5.74) is 1.61. The highest BCUT2D eigenvalue weighted by molar-refractivity contribution is 9.10. The van der Waals surface area contributed by atoms with E-state index >= 15 is 0 Å². The van der Waals surface area contributed by atoms with Crippen molar-refractivity contribution in [1.29, 1.82) is 0 Å². The molecule has 160 valence electrons. The van der Waals surface area contributed by atoms with Crippen LogP contribution >= 0.6 is 27.3 Å². The third-order valence-electron chi connectivity index (χ3n) is 5.59. The molecule has 1 N–H and O–H groups in total. The van der Waals surface area contributed by atoms with Crippen molar-refractivity contribution in [3.8, 4) is 0 Å². The number of piperazine rings is 1. The zero-order valence-corrected chi connectivity index (χ0v) is 19.4. The first-order chi connectivity index (χ1) is 14.5. The van der Waals surface area contributed by atoms with Crippen LogP contribution < -0.4 is 10.2 Å². The summed E-state index contributed by atoms with van der Waals surface area (Å²) in [5.74, 6) is 0.503. The number of methoxy groups -OCH3 is 1. The normalized spacial score (nSPS) is 16.8. The second-order valence-corrected chi connectivity index (χ2v) is 9.57. The van der Waals surface area contributed by atoms with E-state index in [-0.39, 0.29) is 11.9 Å². The van der Waals surface area contributed by atoms with E-state index in [2.05, 4.69) is 36.0 Å². The quantitative estimate of drug-likeness (QED) is 0.645. The molecule has 9 heteroatoms. The fourth-order valence-corrected chi connectivity index (χ4v) is 5.56. The number of esters is 1. The van der Waals surface area contributed by atoms with Crippen molar-refractivity contribution >= 4 is 50.0 Å². The van der Waals surface area contributed by atoms with Gasteiger partial charge in [-0.25, -0.2) is 9.78 Å². The Bertz CT molecular complexity index is 923. The number of hydrogen-bond acceptors (Lipinski definition) is 7. The average Bonchev–Trinajstić information content (AvgIpc) is 3.12. The minimum Gasteiger partial charge on any atom is -0.465 e. The van der Waals surface area contributed by atoms with Crippen molar-refractivity contribution < 1.29 is 14.3 Å². The van der Waals surface area contributed by atoms with Gasteiger partial charge in [-0.15, -0.1) is 11.3 Å². The Labute approximate surface area is 188 Å². The molecule has 2 aromatic heterocycles. The summed E-state index contributed by atoms with van der Waals surface area (Å²) in [5, 5.41) is 3.62. The molecule has 1 aliphatic carbocycles. The molecule has 3 heterocycles. The summed E-state index contributed by atoms with van der Waals surface area (Å²) >= 11 is 4.93. The Morgan fingerprint density at radius 2 is 1.97 bits per heavy atom. The highest BCUT2D eigenvalue weighted by Gasteiger charge is 2.27. The number of nitrogens with one attached hydrogen (secondary N) is 1. The molecule has 2 aliphatic rings. The summed E-state index contributed by atoms with van der Waals surface area (Å²) in [6.45, 7) is 3.53. The molecule has 30 heavy (non-hydrogen) atoms. The monoisotopic (exact) mass is 492 g/mol. The van der Waals surface area contributed by atoms with Crippen molar-refractivity contribution in [3.05, 3.63) is 38.8 Å². The second-order valence-electron chi connectivity index (χ2n) is 7.55. The number of aryl methyl sites for hydroxylation is 1. The number of nitrogens with zero attached hydrogens (tertiary/aromatic N) is 3. The smallest absolute Gasteiger partial charge is 0.341 e. The van der Waals surface area contributed by atoms with E-state index < -0.39 is 0 Å². The minimum absolute atomic E-state index is 0.0889. The molecule has 0 aromatic carbocycles. The van der Waals surface area contributed by atoms with Crippen LogP contribution in [0.5, 0.6) is 0 Å². The summed E-state index contributed by atoms with van der Waals surface area (Å²) in [6.07, 6.45) is 5.83. The number of hydrogen-bond donors (Lipinski definition) is 1. The van der Waals surface area contributed by atoms with Crippen LogP contribution in [0.2, 0.25) is 0 Å². The maximum Gasteiger partial charge on any atom is 0.341 e. The number of fused-ring (bicyclic) bond motifs is 1. The van der Waals surface area contributed by atoms with Crippen LogP contribution in [0.15, 0.2) is 22.8 Å². The molecule has 0 saturated carbocycles. The molecule has 1 fully saturated rings. The Kier molecular flexibility index (Phi) is 6.70. The molecule has 4 rings (SSSR count). The summed E-state index contributed by atoms with van der Waals surface area (Å²) in [4.78, 5) is 35.1. The van der Waals surface area contributed by atoms with Crippen LogP contribution in [-0.2, 0) is 22.4 Å². The van der Waals surface area contributed by atoms with Gasteiger partial charge in [-0.1, -0.05) is 0 Å². The first-order valence-corrected chi connectivity index (χ1v) is 11.8. The van der Waals surface area contributed by atoms with Crippen molar-refractivity contribution in [2.45, 2.75) is 25.7 Å². The zero-order valence-electron chi connectivity index (χ0n) is 16.9. The van der Waals surface area contributed by atoms with Crippen LogP contribution in [0.3, 0.4) is 0 Å². The third kappa shape index (κ3) is 4.68. The number of anilines is 2. The third-order valence-corrected chi connectivity index (χ3v) is 7.27. The SMILES string of the molecule is COC(=O)c1c(NC(=O)CN2CCN(c3ccc(Br)cn3)CC2)sc2c1CCCC2. The summed E-state index contributed by atoms with van der Waals surface area (Å²) in [7, 11) is 1.39. The van der Waals surface area contributed by atoms with Crippen molar-refractivity contribution in [2.24, 2.45) is 0 Å². The number of ether oxygens (including phenoxy) is 1. The average molecular weight is 493 g/mol. The number of carbonyl (C=O) groups is 2. The predicted molar refractivity (Wildman–Crippen MR) is 122 cm³/mol. The lowest BCUT2D eigenvalue weighted by Crippen LogP contribution is -2.48. The number of thiophene rings is 1. The van der Waals surface area contributed by atoms with Crippen LogP contribution in [0.1, 0.15) is 33.6 Å². The van der Waals surface area contributed by atoms with Gasteiger partial charge in [-0.2, -0.15) is 0 Å². The zero-order chi connectivity index (χ0) is 21.1. The first-order valence-electron chi connectivity index (χ1n) is 10.2. The Morgan fingerprint density at radius 3 is 2.67 bits per heavy atom. The van der Waals surface area contributed by atoms with E-state index in [1.165, 1.54) is 23.3 Å². The molecular weight excluding hydrogens is 468 g/mol. The van der Waals surface area contributed by atoms with E-state index in [1.807, 2.05) is 12.1 Å². The van der Waals surface area contributed by atoms with Gasteiger partial charge in [0.25, 0.3) is 0 Å². The van der Waals surface area contributed by atoms with Gasteiger partial charge in [0.05, 0.1) is 19.2 Å². The summed E-state index contributed by atoms with van der Waals surface area (Å²) in [6, 6.07) is 3.99. The first kappa shape index (κ1) is 21.3. The van der Waals surface area contributed by atoms with Gasteiger partial charge in [0.15, 0.2) is 0 Å². The van der Waals surface area contributed by atoms with Gasteiger partial charge in [0.1, 0.15) is 10.8 Å². The van der Waals surface area contributed by atoms with Crippen LogP contribution in [0, 0.1) is 0 Å². The molecule has 0 bridgehead atoms. The molecule has 0 unspecified atom stereocenters. The maximum atomic E-state index is 12.7. The molecule has 1 aliphatic heterocycles. The molecular formula is C21H25BrN4O3S. The Hall–Kier alpha value is -1.97. The largest absolute Gasteiger partial charge is 0.465 e. The van der Waals surface area contributed by atoms with E-state index in [0.717, 1.165) is 67.7 Å². The van der Waals surface area contributed by atoms with E-state index in [0.29, 0.717) is 17.1 Å². The number of amides is 1. The van der Waals surface area contributed by atoms with Crippen molar-refractivity contribution in [3.63, 3.8) is 0 Å². The molecule has 1 amide bonds. The Balaban J connectivity index is 1.36. The van der Waals surface area contributed by atoms with Crippen LogP contribution in [0.4, 0.5) is 10.8 Å². The van der Waals surface area contributed by atoms with Crippen LogP contribution in [0.25, 0.3) is 0 Å². The van der Waals surface area contributed by atoms with E-state index in [1.54, 1.807) is 6.20 Å². The van der Waals surface area contributed by atoms with Gasteiger partial charge < -0.3 is 15.0 Å². The van der Waals surface area contributed by atoms with Gasteiger partial charge in [-0.3, -0.25) is 9.69 Å². The number of aromatic nitrogens is 1. The van der Waals surface area contributed by atoms with E-state index in [4.69, 9.17) is 4.74 Å².